The molecule has 1 atom stereocenters. The van der Waals surface area contributed by atoms with Crippen LogP contribution in [0.4, 0.5) is 0 Å². The number of nitrogens with zero attached hydrogens (tertiary/aromatic N) is 1. The van der Waals surface area contributed by atoms with Gasteiger partial charge in [-0.25, -0.2) is 4.79 Å². The van der Waals surface area contributed by atoms with Gasteiger partial charge in [-0.05, 0) is 31.5 Å². The largest absolute Gasteiger partial charge is 0.477 e. The molecule has 0 aliphatic heterocycles. The van der Waals surface area contributed by atoms with Crippen LogP contribution in [0.2, 0.25) is 5.02 Å². The predicted molar refractivity (Wildman–Crippen MR) is 76.7 cm³/mol. The lowest BCUT2D eigenvalue weighted by Crippen LogP contribution is -2.13. The van der Waals surface area contributed by atoms with E-state index in [0.29, 0.717) is 10.6 Å². The van der Waals surface area contributed by atoms with Gasteiger partial charge in [-0.1, -0.05) is 29.8 Å². The first kappa shape index (κ1) is 14.3. The molecule has 0 saturated heterocycles. The molecule has 0 aliphatic carbocycles. The van der Waals surface area contributed by atoms with Crippen LogP contribution < -0.4 is 0 Å². The van der Waals surface area contributed by atoms with Gasteiger partial charge < -0.3 is 9.67 Å². The smallest absolute Gasteiger partial charge is 0.352 e. The molecule has 0 spiro atoms. The molecule has 0 saturated carbocycles. The number of aromatic nitrogens is 1. The maximum absolute atomic E-state index is 11.4. The number of Topliss-reactive ketones (excluding diaryl/α,β-unsaturated/α-hetero) is 1. The van der Waals surface area contributed by atoms with E-state index in [4.69, 9.17) is 11.6 Å². The lowest BCUT2D eigenvalue weighted by Gasteiger charge is -2.17. The summed E-state index contributed by atoms with van der Waals surface area (Å²) in [5.41, 5.74) is 1.26. The Balaban J connectivity index is 2.54. The Morgan fingerprint density at radius 3 is 2.50 bits per heavy atom. The van der Waals surface area contributed by atoms with E-state index in [-0.39, 0.29) is 17.5 Å². The summed E-state index contributed by atoms with van der Waals surface area (Å²) in [6.45, 7) is 3.25. The Kier molecular flexibility index (Phi) is 3.95. The van der Waals surface area contributed by atoms with Crippen LogP contribution in [0, 0.1) is 0 Å². The number of hydrogen-bond donors (Lipinski definition) is 1. The zero-order chi connectivity index (χ0) is 14.9. The second kappa shape index (κ2) is 5.51. The SMILES string of the molecule is CC(=O)c1cc(C(=O)O)n(C(C)c2ccccc2Cl)c1. The van der Waals surface area contributed by atoms with Gasteiger partial charge in [0.05, 0.1) is 6.04 Å². The molecule has 2 aromatic rings. The summed E-state index contributed by atoms with van der Waals surface area (Å²) >= 11 is 6.14. The van der Waals surface area contributed by atoms with Crippen LogP contribution >= 0.6 is 11.6 Å². The van der Waals surface area contributed by atoms with Crippen molar-refractivity contribution in [3.63, 3.8) is 0 Å². The molecule has 2 rings (SSSR count). The number of hydrogen-bond acceptors (Lipinski definition) is 2. The van der Waals surface area contributed by atoms with Gasteiger partial charge in [0.1, 0.15) is 5.69 Å². The summed E-state index contributed by atoms with van der Waals surface area (Å²) in [5.74, 6) is -1.24. The third-order valence-electron chi connectivity index (χ3n) is 3.25. The molecule has 104 valence electrons. The van der Waals surface area contributed by atoms with Crippen molar-refractivity contribution in [2.45, 2.75) is 19.9 Å². The zero-order valence-corrected chi connectivity index (χ0v) is 11.9. The molecule has 5 heteroatoms. The molecule has 20 heavy (non-hydrogen) atoms. The normalized spacial score (nSPS) is 12.2. The molecule has 0 aliphatic rings. The van der Waals surface area contributed by atoms with Crippen LogP contribution in [0.15, 0.2) is 36.5 Å². The molecule has 0 amide bonds. The summed E-state index contributed by atoms with van der Waals surface area (Å²) in [5, 5.41) is 9.83. The quantitative estimate of drug-likeness (QED) is 0.875. The van der Waals surface area contributed by atoms with Crippen LogP contribution in [-0.4, -0.2) is 21.4 Å². The second-order valence-corrected chi connectivity index (χ2v) is 4.99. The van der Waals surface area contributed by atoms with Crippen molar-refractivity contribution < 1.29 is 14.7 Å². The summed E-state index contributed by atoms with van der Waals surface area (Å²) in [4.78, 5) is 22.7. The highest BCUT2D eigenvalue weighted by atomic mass is 35.5. The molecule has 1 heterocycles. The Morgan fingerprint density at radius 1 is 1.30 bits per heavy atom. The zero-order valence-electron chi connectivity index (χ0n) is 11.1. The summed E-state index contributed by atoms with van der Waals surface area (Å²) < 4.78 is 1.56. The fraction of sp³-hybridized carbons (Fsp3) is 0.200. The molecular formula is C15H14ClNO3. The molecule has 1 unspecified atom stereocenters. The predicted octanol–water partition coefficient (Wildman–Crippen LogP) is 3.65. The molecular weight excluding hydrogens is 278 g/mol. The van der Waals surface area contributed by atoms with Gasteiger partial charge in [-0.15, -0.1) is 0 Å². The number of carbonyl (C=O) groups excluding carboxylic acids is 1. The van der Waals surface area contributed by atoms with Crippen molar-refractivity contribution in [3.8, 4) is 0 Å². The first-order chi connectivity index (χ1) is 9.41. The summed E-state index contributed by atoms with van der Waals surface area (Å²) in [6.07, 6.45) is 1.56. The minimum Gasteiger partial charge on any atom is -0.477 e. The Hall–Kier alpha value is -2.07. The van der Waals surface area contributed by atoms with Gasteiger partial charge in [-0.2, -0.15) is 0 Å². The summed E-state index contributed by atoms with van der Waals surface area (Å²) in [7, 11) is 0. The van der Waals surface area contributed by atoms with E-state index in [1.54, 1.807) is 16.8 Å². The maximum Gasteiger partial charge on any atom is 0.352 e. The number of aromatic carboxylic acids is 1. The minimum absolute atomic E-state index is 0.0719. The number of rotatable bonds is 4. The molecule has 0 bridgehead atoms. The van der Waals surface area contributed by atoms with Crippen LogP contribution in [0.3, 0.4) is 0 Å². The molecule has 1 aromatic heterocycles. The van der Waals surface area contributed by atoms with Gasteiger partial charge in [-0.3, -0.25) is 4.79 Å². The first-order valence-corrected chi connectivity index (χ1v) is 6.50. The van der Waals surface area contributed by atoms with Crippen molar-refractivity contribution in [2.75, 3.05) is 0 Å². The van der Waals surface area contributed by atoms with Crippen LogP contribution in [0.1, 0.15) is 46.3 Å². The van der Waals surface area contributed by atoms with Crippen molar-refractivity contribution in [1.29, 1.82) is 0 Å². The number of benzene rings is 1. The number of carbonyl (C=O) groups is 2. The Labute approximate surface area is 121 Å². The number of carboxylic acid groups (broad SMARTS) is 1. The van der Waals surface area contributed by atoms with Crippen LogP contribution in [-0.2, 0) is 0 Å². The van der Waals surface area contributed by atoms with Crippen LogP contribution in [0.25, 0.3) is 0 Å². The van der Waals surface area contributed by atoms with E-state index >= 15 is 0 Å². The van der Waals surface area contributed by atoms with Crippen molar-refractivity contribution in [2.24, 2.45) is 0 Å². The lowest BCUT2D eigenvalue weighted by molar-refractivity contribution is 0.0684. The maximum atomic E-state index is 11.4. The van der Waals surface area contributed by atoms with E-state index in [1.165, 1.54) is 13.0 Å². The molecule has 1 N–H and O–H groups in total. The fourth-order valence-corrected chi connectivity index (χ4v) is 2.42. The second-order valence-electron chi connectivity index (χ2n) is 4.58. The van der Waals surface area contributed by atoms with Gasteiger partial charge >= 0.3 is 5.97 Å². The Bertz CT molecular complexity index is 676. The van der Waals surface area contributed by atoms with E-state index in [1.807, 2.05) is 25.1 Å². The highest BCUT2D eigenvalue weighted by Crippen LogP contribution is 2.28. The lowest BCUT2D eigenvalue weighted by atomic mass is 10.1. The third-order valence-corrected chi connectivity index (χ3v) is 3.59. The van der Waals surface area contributed by atoms with E-state index in [9.17, 15) is 14.7 Å². The monoisotopic (exact) mass is 291 g/mol. The standard InChI is InChI=1S/C15H14ClNO3/c1-9(12-5-3-4-6-13(12)16)17-8-11(10(2)18)7-14(17)15(19)20/h3-9H,1-2H3,(H,19,20). The summed E-state index contributed by atoms with van der Waals surface area (Å²) in [6, 6.07) is 8.36. The number of halogens is 1. The number of carboxylic acids is 1. The van der Waals surface area contributed by atoms with E-state index in [0.717, 1.165) is 5.56 Å². The highest BCUT2D eigenvalue weighted by Gasteiger charge is 2.20. The van der Waals surface area contributed by atoms with E-state index < -0.39 is 5.97 Å². The topological polar surface area (TPSA) is 59.3 Å². The molecule has 4 nitrogen and oxygen atoms in total. The minimum atomic E-state index is -1.07. The van der Waals surface area contributed by atoms with E-state index in [2.05, 4.69) is 0 Å². The van der Waals surface area contributed by atoms with Gasteiger partial charge in [0.15, 0.2) is 5.78 Å². The fourth-order valence-electron chi connectivity index (χ4n) is 2.13. The van der Waals surface area contributed by atoms with Crippen molar-refractivity contribution >= 4 is 23.4 Å². The Morgan fingerprint density at radius 2 is 1.95 bits per heavy atom. The first-order valence-electron chi connectivity index (χ1n) is 6.12. The van der Waals surface area contributed by atoms with Crippen LogP contribution in [0.5, 0.6) is 0 Å². The molecule has 1 aromatic carbocycles. The molecule has 0 fully saturated rings. The number of ketones is 1. The van der Waals surface area contributed by atoms with Gasteiger partial charge in [0.25, 0.3) is 0 Å². The highest BCUT2D eigenvalue weighted by molar-refractivity contribution is 6.31. The van der Waals surface area contributed by atoms with Gasteiger partial charge in [0, 0.05) is 16.8 Å². The average molecular weight is 292 g/mol. The van der Waals surface area contributed by atoms with Gasteiger partial charge in [0.2, 0.25) is 0 Å². The third kappa shape index (κ3) is 2.60. The van der Waals surface area contributed by atoms with Crippen molar-refractivity contribution in [3.05, 3.63) is 58.4 Å². The molecule has 0 radical (unpaired) electrons. The van der Waals surface area contributed by atoms with Crippen molar-refractivity contribution in [1.82, 2.24) is 4.57 Å². The average Bonchev–Trinajstić information content (AvgIpc) is 2.84.